The van der Waals surface area contributed by atoms with E-state index >= 15 is 0 Å². The third-order valence-electron chi connectivity index (χ3n) is 3.26. The van der Waals surface area contributed by atoms with Crippen molar-refractivity contribution in [2.45, 2.75) is 33.1 Å². The Bertz CT molecular complexity index is 392. The summed E-state index contributed by atoms with van der Waals surface area (Å²) in [6.07, 6.45) is 3.60. The second kappa shape index (κ2) is 7.28. The van der Waals surface area contributed by atoms with Crippen molar-refractivity contribution in [2.75, 3.05) is 26.3 Å². The zero-order chi connectivity index (χ0) is 13.5. The van der Waals surface area contributed by atoms with Gasteiger partial charge in [0.2, 0.25) is 5.88 Å². The molecule has 0 saturated carbocycles. The maximum absolute atomic E-state index is 5.65. The summed E-state index contributed by atoms with van der Waals surface area (Å²) >= 11 is 0. The van der Waals surface area contributed by atoms with Gasteiger partial charge < -0.3 is 14.8 Å². The zero-order valence-electron chi connectivity index (χ0n) is 11.8. The SMILES string of the molecule is CCOc1cc(C)nc(OCCC2CCCNC2)n1. The van der Waals surface area contributed by atoms with Gasteiger partial charge in [-0.2, -0.15) is 4.98 Å². The Morgan fingerprint density at radius 1 is 1.37 bits per heavy atom. The minimum absolute atomic E-state index is 0.423. The molecule has 0 aliphatic carbocycles. The lowest BCUT2D eigenvalue weighted by molar-refractivity contribution is 0.234. The lowest BCUT2D eigenvalue weighted by atomic mass is 9.97. The van der Waals surface area contributed by atoms with Gasteiger partial charge in [0, 0.05) is 11.8 Å². The molecule has 19 heavy (non-hydrogen) atoms. The molecule has 106 valence electrons. The standard InChI is InChI=1S/C14H23N3O2/c1-3-18-13-9-11(2)16-14(17-13)19-8-6-12-5-4-7-15-10-12/h9,12,15H,3-8,10H2,1-2H3. The van der Waals surface area contributed by atoms with E-state index in [-0.39, 0.29) is 0 Å². The number of hydrogen-bond donors (Lipinski definition) is 1. The van der Waals surface area contributed by atoms with Crippen LogP contribution in [0.5, 0.6) is 11.9 Å². The van der Waals surface area contributed by atoms with Crippen molar-refractivity contribution in [1.82, 2.24) is 15.3 Å². The van der Waals surface area contributed by atoms with Gasteiger partial charge in [0.25, 0.3) is 0 Å². The first-order chi connectivity index (χ1) is 9.28. The highest BCUT2D eigenvalue weighted by atomic mass is 16.5. The summed E-state index contributed by atoms with van der Waals surface area (Å²) < 4.78 is 11.0. The van der Waals surface area contributed by atoms with Crippen LogP contribution in [0.25, 0.3) is 0 Å². The van der Waals surface area contributed by atoms with E-state index in [1.807, 2.05) is 19.9 Å². The van der Waals surface area contributed by atoms with E-state index < -0.39 is 0 Å². The second-order valence-corrected chi connectivity index (χ2v) is 4.91. The van der Waals surface area contributed by atoms with Gasteiger partial charge >= 0.3 is 6.01 Å². The van der Waals surface area contributed by atoms with Crippen LogP contribution in [0.3, 0.4) is 0 Å². The molecule has 1 saturated heterocycles. The molecule has 1 aliphatic rings. The largest absolute Gasteiger partial charge is 0.478 e. The average molecular weight is 265 g/mol. The molecular weight excluding hydrogens is 242 g/mol. The fourth-order valence-corrected chi connectivity index (χ4v) is 2.29. The normalized spacial score (nSPS) is 19.2. The summed E-state index contributed by atoms with van der Waals surface area (Å²) in [7, 11) is 0. The number of aryl methyl sites for hydroxylation is 1. The molecule has 0 aromatic carbocycles. The van der Waals surface area contributed by atoms with Crippen molar-refractivity contribution in [3.63, 3.8) is 0 Å². The van der Waals surface area contributed by atoms with Crippen LogP contribution < -0.4 is 14.8 Å². The van der Waals surface area contributed by atoms with Crippen LogP contribution in [0.2, 0.25) is 0 Å². The van der Waals surface area contributed by atoms with Crippen LogP contribution in [0.15, 0.2) is 6.07 Å². The summed E-state index contributed by atoms with van der Waals surface area (Å²) in [6.45, 7) is 7.37. The third kappa shape index (κ3) is 4.67. The number of nitrogens with zero attached hydrogens (tertiary/aromatic N) is 2. The van der Waals surface area contributed by atoms with Gasteiger partial charge in [0.05, 0.1) is 13.2 Å². The van der Waals surface area contributed by atoms with Crippen LogP contribution >= 0.6 is 0 Å². The minimum Gasteiger partial charge on any atom is -0.478 e. The summed E-state index contributed by atoms with van der Waals surface area (Å²) in [4.78, 5) is 8.50. The first-order valence-electron chi connectivity index (χ1n) is 7.10. The highest BCUT2D eigenvalue weighted by Gasteiger charge is 2.13. The molecule has 5 nitrogen and oxygen atoms in total. The van der Waals surface area contributed by atoms with Crippen LogP contribution in [0, 0.1) is 12.8 Å². The first kappa shape index (κ1) is 14.1. The predicted octanol–water partition coefficient (Wildman–Crippen LogP) is 1.95. The van der Waals surface area contributed by atoms with Gasteiger partial charge in [-0.3, -0.25) is 0 Å². The highest BCUT2D eigenvalue weighted by molar-refractivity contribution is 5.17. The third-order valence-corrected chi connectivity index (χ3v) is 3.26. The van der Waals surface area contributed by atoms with Gasteiger partial charge in [0.15, 0.2) is 0 Å². The molecule has 2 rings (SSSR count). The molecule has 1 aromatic rings. The Kier molecular flexibility index (Phi) is 5.39. The summed E-state index contributed by atoms with van der Waals surface area (Å²) in [5, 5.41) is 3.41. The van der Waals surface area contributed by atoms with Crippen LogP contribution in [0.1, 0.15) is 31.9 Å². The maximum atomic E-state index is 5.65. The number of nitrogens with one attached hydrogen (secondary N) is 1. The first-order valence-corrected chi connectivity index (χ1v) is 7.10. The molecule has 1 atom stereocenters. The Morgan fingerprint density at radius 2 is 2.26 bits per heavy atom. The molecular formula is C14H23N3O2. The average Bonchev–Trinajstić information content (AvgIpc) is 2.40. The van der Waals surface area contributed by atoms with Crippen molar-refractivity contribution in [3.05, 3.63) is 11.8 Å². The Labute approximate surface area is 114 Å². The molecule has 5 heteroatoms. The van der Waals surface area contributed by atoms with Crippen molar-refractivity contribution in [2.24, 2.45) is 5.92 Å². The molecule has 0 bridgehead atoms. The van der Waals surface area contributed by atoms with Crippen LogP contribution in [-0.4, -0.2) is 36.3 Å². The molecule has 0 spiro atoms. The molecule has 1 N–H and O–H groups in total. The zero-order valence-corrected chi connectivity index (χ0v) is 11.8. The summed E-state index contributed by atoms with van der Waals surface area (Å²) in [6, 6.07) is 2.24. The number of rotatable bonds is 6. The predicted molar refractivity (Wildman–Crippen MR) is 73.6 cm³/mol. The van der Waals surface area contributed by atoms with E-state index in [0.717, 1.165) is 25.2 Å². The monoisotopic (exact) mass is 265 g/mol. The van der Waals surface area contributed by atoms with Gasteiger partial charge in [-0.15, -0.1) is 0 Å². The molecule has 1 aromatic heterocycles. The van der Waals surface area contributed by atoms with Gasteiger partial charge in [-0.05, 0) is 52.1 Å². The molecule has 0 radical (unpaired) electrons. The van der Waals surface area contributed by atoms with E-state index in [1.54, 1.807) is 0 Å². The number of ether oxygens (including phenoxy) is 2. The van der Waals surface area contributed by atoms with E-state index in [1.165, 1.54) is 12.8 Å². The maximum Gasteiger partial charge on any atom is 0.319 e. The quantitative estimate of drug-likeness (QED) is 0.852. The number of hydrogen-bond acceptors (Lipinski definition) is 5. The Morgan fingerprint density at radius 3 is 3.00 bits per heavy atom. The second-order valence-electron chi connectivity index (χ2n) is 4.91. The number of aromatic nitrogens is 2. The van der Waals surface area contributed by atoms with Crippen molar-refractivity contribution in [3.8, 4) is 11.9 Å². The molecule has 0 amide bonds. The molecule has 1 fully saturated rings. The van der Waals surface area contributed by atoms with E-state index in [2.05, 4.69) is 15.3 Å². The number of piperidine rings is 1. The van der Waals surface area contributed by atoms with E-state index in [4.69, 9.17) is 9.47 Å². The van der Waals surface area contributed by atoms with Gasteiger partial charge in [-0.1, -0.05) is 0 Å². The van der Waals surface area contributed by atoms with E-state index in [9.17, 15) is 0 Å². The fraction of sp³-hybridized carbons (Fsp3) is 0.714. The van der Waals surface area contributed by atoms with Gasteiger partial charge in [-0.25, -0.2) is 4.98 Å². The summed E-state index contributed by atoms with van der Waals surface area (Å²) in [5.74, 6) is 1.30. The smallest absolute Gasteiger partial charge is 0.319 e. The topological polar surface area (TPSA) is 56.3 Å². The minimum atomic E-state index is 0.423. The lowest BCUT2D eigenvalue weighted by Gasteiger charge is -2.22. The highest BCUT2D eigenvalue weighted by Crippen LogP contribution is 2.16. The Hall–Kier alpha value is -1.36. The van der Waals surface area contributed by atoms with Crippen LogP contribution in [-0.2, 0) is 0 Å². The van der Waals surface area contributed by atoms with Crippen molar-refractivity contribution >= 4 is 0 Å². The molecule has 1 aliphatic heterocycles. The Balaban J connectivity index is 1.81. The van der Waals surface area contributed by atoms with Gasteiger partial charge in [0.1, 0.15) is 0 Å². The molecule has 2 heterocycles. The van der Waals surface area contributed by atoms with Crippen molar-refractivity contribution in [1.29, 1.82) is 0 Å². The molecule has 1 unspecified atom stereocenters. The van der Waals surface area contributed by atoms with Crippen molar-refractivity contribution < 1.29 is 9.47 Å². The summed E-state index contributed by atoms with van der Waals surface area (Å²) in [5.41, 5.74) is 0.868. The van der Waals surface area contributed by atoms with Crippen LogP contribution in [0.4, 0.5) is 0 Å². The van der Waals surface area contributed by atoms with E-state index in [0.29, 0.717) is 31.0 Å². The fourth-order valence-electron chi connectivity index (χ4n) is 2.29. The lowest BCUT2D eigenvalue weighted by Crippen LogP contribution is -2.30.